The van der Waals surface area contributed by atoms with E-state index in [1.807, 2.05) is 36.4 Å². The highest BCUT2D eigenvalue weighted by molar-refractivity contribution is 9.10. The van der Waals surface area contributed by atoms with Gasteiger partial charge in [0.25, 0.3) is 0 Å². The molecule has 3 N–H and O–H groups in total. The van der Waals surface area contributed by atoms with Crippen LogP contribution in [-0.4, -0.2) is 50.8 Å². The van der Waals surface area contributed by atoms with Gasteiger partial charge in [-0.2, -0.15) is 0 Å². The van der Waals surface area contributed by atoms with E-state index < -0.39 is 11.8 Å². The first-order valence-corrected chi connectivity index (χ1v) is 15.7. The first-order chi connectivity index (χ1) is 21.7. The number of hydrogen-bond acceptors (Lipinski definition) is 8. The number of aromatic nitrogens is 1. The van der Waals surface area contributed by atoms with Crippen molar-refractivity contribution in [2.45, 2.75) is 51.0 Å². The molecule has 240 valence electrons. The van der Waals surface area contributed by atoms with Gasteiger partial charge < -0.3 is 34.4 Å². The minimum atomic E-state index is -0.957. The van der Waals surface area contributed by atoms with Crippen molar-refractivity contribution in [2.75, 3.05) is 27.9 Å². The van der Waals surface area contributed by atoms with E-state index in [-0.39, 0.29) is 6.10 Å². The molecule has 2 amide bonds. The number of hydrogen-bond donors (Lipinski definition) is 2. The van der Waals surface area contributed by atoms with Crippen LogP contribution in [0, 0.1) is 0 Å². The van der Waals surface area contributed by atoms with Gasteiger partial charge in [-0.15, -0.1) is 0 Å². The summed E-state index contributed by atoms with van der Waals surface area (Å²) in [6, 6.07) is 15.2. The fourth-order valence-electron chi connectivity index (χ4n) is 4.98. The van der Waals surface area contributed by atoms with Gasteiger partial charge in [-0.3, -0.25) is 9.59 Å². The number of carbonyl (C=O) groups is 2. The molecule has 10 nitrogen and oxygen atoms in total. The van der Waals surface area contributed by atoms with E-state index in [9.17, 15) is 9.59 Å². The Kier molecular flexibility index (Phi) is 12.3. The van der Waals surface area contributed by atoms with Crippen molar-refractivity contribution in [3.8, 4) is 23.0 Å². The third-order valence-electron chi connectivity index (χ3n) is 7.23. The van der Waals surface area contributed by atoms with Gasteiger partial charge in [-0.1, -0.05) is 23.7 Å². The Morgan fingerprint density at radius 3 is 2.27 bits per heavy atom. The van der Waals surface area contributed by atoms with E-state index in [1.165, 1.54) is 12.8 Å². The lowest BCUT2D eigenvalue weighted by molar-refractivity contribution is -0.137. The number of methoxy groups -OCH3 is 3. The lowest BCUT2D eigenvalue weighted by atomic mass is 10.1. The van der Waals surface area contributed by atoms with E-state index in [2.05, 4.69) is 26.2 Å². The number of benzene rings is 3. The van der Waals surface area contributed by atoms with Crippen LogP contribution in [-0.2, 0) is 22.4 Å². The van der Waals surface area contributed by atoms with Crippen LogP contribution >= 0.6 is 27.5 Å². The van der Waals surface area contributed by atoms with Gasteiger partial charge in [0.15, 0.2) is 34.5 Å². The van der Waals surface area contributed by atoms with Crippen LogP contribution in [0.3, 0.4) is 0 Å². The van der Waals surface area contributed by atoms with Crippen LogP contribution in [0.1, 0.15) is 49.1 Å². The zero-order valence-electron chi connectivity index (χ0n) is 25.5. The third kappa shape index (κ3) is 9.51. The molecule has 0 saturated heterocycles. The number of nitrogens with two attached hydrogens (primary N) is 1. The minimum absolute atomic E-state index is 0.272. The maximum Gasteiger partial charge on any atom is 0.309 e. The van der Waals surface area contributed by atoms with Gasteiger partial charge in [0.2, 0.25) is 0 Å². The van der Waals surface area contributed by atoms with Gasteiger partial charge >= 0.3 is 11.8 Å². The summed E-state index contributed by atoms with van der Waals surface area (Å²) in [6.07, 6.45) is 6.92. The molecule has 12 heteroatoms. The molecule has 0 atom stereocenters. The number of oxazole rings is 1. The molecule has 0 bridgehead atoms. The van der Waals surface area contributed by atoms with Gasteiger partial charge in [-0.05, 0) is 102 Å². The maximum atomic E-state index is 11.1. The van der Waals surface area contributed by atoms with Crippen molar-refractivity contribution in [3.63, 3.8) is 0 Å². The molecule has 1 aliphatic carbocycles. The molecule has 3 aromatic carbocycles. The largest absolute Gasteiger partial charge is 0.493 e. The number of primary amides is 1. The van der Waals surface area contributed by atoms with Crippen LogP contribution in [0.2, 0.25) is 5.02 Å². The average molecular weight is 703 g/mol. The quantitative estimate of drug-likeness (QED) is 0.135. The number of aryl methyl sites for hydroxylation is 1. The molecule has 4 aromatic rings. The molecule has 5 rings (SSSR count). The first-order valence-electron chi connectivity index (χ1n) is 14.6. The monoisotopic (exact) mass is 701 g/mol. The number of fused-ring (bicyclic) bond motifs is 1. The Hall–Kier alpha value is -3.96. The molecule has 1 heterocycles. The number of carbonyl (C=O) groups excluding carboxylic acids is 2. The van der Waals surface area contributed by atoms with Crippen molar-refractivity contribution in [2.24, 2.45) is 5.73 Å². The smallest absolute Gasteiger partial charge is 0.309 e. The average Bonchev–Trinajstić information content (AvgIpc) is 3.69. The predicted octanol–water partition coefficient (Wildman–Crippen LogP) is 6.40. The summed E-state index contributed by atoms with van der Waals surface area (Å²) in [7, 11) is 4.86. The maximum absolute atomic E-state index is 11.1. The fraction of sp³-hybridized carbons (Fsp3) is 0.364. The van der Waals surface area contributed by atoms with Crippen molar-refractivity contribution >= 4 is 50.4 Å². The summed E-state index contributed by atoms with van der Waals surface area (Å²) in [5.74, 6) is 1.80. The summed E-state index contributed by atoms with van der Waals surface area (Å²) < 4.78 is 28.6. The fourth-order valence-corrected chi connectivity index (χ4v) is 5.86. The van der Waals surface area contributed by atoms with Crippen molar-refractivity contribution in [3.05, 3.63) is 75.0 Å². The lowest BCUT2D eigenvalue weighted by Crippen LogP contribution is -2.36. The third-order valence-corrected chi connectivity index (χ3v) is 8.04. The van der Waals surface area contributed by atoms with E-state index in [0.717, 1.165) is 51.9 Å². The molecule has 0 unspecified atom stereocenters. The number of nitrogens with zero attached hydrogens (tertiary/aromatic N) is 1. The van der Waals surface area contributed by atoms with E-state index in [4.69, 9.17) is 40.7 Å². The molecule has 1 aromatic heterocycles. The van der Waals surface area contributed by atoms with Crippen LogP contribution in [0.5, 0.6) is 23.0 Å². The summed E-state index contributed by atoms with van der Waals surface area (Å²) in [5.41, 5.74) is 8.43. The van der Waals surface area contributed by atoms with Crippen molar-refractivity contribution < 1.29 is 33.0 Å². The number of amides is 2. The molecule has 1 aliphatic rings. The van der Waals surface area contributed by atoms with Crippen LogP contribution in [0.15, 0.2) is 57.4 Å². The number of ether oxygens (including phenoxy) is 4. The predicted molar refractivity (Wildman–Crippen MR) is 175 cm³/mol. The zero-order chi connectivity index (χ0) is 32.3. The van der Waals surface area contributed by atoms with E-state index >= 15 is 0 Å². The first kappa shape index (κ1) is 33.9. The number of rotatable bonds is 11. The second kappa shape index (κ2) is 16.4. The molecule has 0 spiro atoms. The molecule has 45 heavy (non-hydrogen) atoms. The summed E-state index contributed by atoms with van der Waals surface area (Å²) in [4.78, 5) is 26.2. The Labute approximate surface area is 275 Å². The Balaban J connectivity index is 0.000000205. The summed E-state index contributed by atoms with van der Waals surface area (Å²) in [6.45, 7) is 0.409. The Bertz CT molecular complexity index is 1620. The number of halogens is 2. The van der Waals surface area contributed by atoms with Crippen LogP contribution < -0.4 is 30.0 Å². The molecule has 0 radical (unpaired) electrons. The Morgan fingerprint density at radius 2 is 1.60 bits per heavy atom. The van der Waals surface area contributed by atoms with Gasteiger partial charge in [0.05, 0.1) is 31.9 Å². The zero-order valence-corrected chi connectivity index (χ0v) is 27.8. The second-order valence-electron chi connectivity index (χ2n) is 10.4. The normalized spacial score (nSPS) is 12.7. The Morgan fingerprint density at radius 1 is 0.956 bits per heavy atom. The molecular weight excluding hydrogens is 666 g/mol. The molecule has 0 aliphatic heterocycles. The molecule has 1 saturated carbocycles. The highest BCUT2D eigenvalue weighted by Crippen LogP contribution is 2.33. The second-order valence-corrected chi connectivity index (χ2v) is 11.7. The van der Waals surface area contributed by atoms with Gasteiger partial charge in [-0.25, -0.2) is 4.98 Å². The van der Waals surface area contributed by atoms with E-state index in [1.54, 1.807) is 33.5 Å². The summed E-state index contributed by atoms with van der Waals surface area (Å²) >= 11 is 9.46. The highest BCUT2D eigenvalue weighted by Gasteiger charge is 2.19. The topological polar surface area (TPSA) is 135 Å². The summed E-state index contributed by atoms with van der Waals surface area (Å²) in [5, 5.41) is 3.09. The van der Waals surface area contributed by atoms with Crippen LogP contribution in [0.4, 0.5) is 0 Å². The minimum Gasteiger partial charge on any atom is -0.493 e. The van der Waals surface area contributed by atoms with Gasteiger partial charge in [0.1, 0.15) is 5.52 Å². The van der Waals surface area contributed by atoms with E-state index in [0.29, 0.717) is 47.4 Å². The van der Waals surface area contributed by atoms with Crippen LogP contribution in [0.25, 0.3) is 11.1 Å². The highest BCUT2D eigenvalue weighted by atomic mass is 79.9. The van der Waals surface area contributed by atoms with Crippen molar-refractivity contribution in [1.29, 1.82) is 0 Å². The molecule has 1 fully saturated rings. The standard InChI is InChI=1S/C17H24N2O4.C16H13BrClNO3/c1-22-14-9-8-12(5-4-10-19-17(21)16(18)20)11-15(14)23-13-6-2-3-7-13;1-20-13-4-3-9(5-14(13)21-2)6-15-19-12-8-10(18)7-11(17)16(12)22-15/h8-9,11,13H,2-7,10H2,1H3,(H2,18,20)(H,19,21);3-5,7-8H,6H2,1-2H3. The number of nitrogens with one attached hydrogen (secondary N) is 1. The molecular formula is C33H37BrClN3O7. The van der Waals surface area contributed by atoms with Gasteiger partial charge in [0, 0.05) is 18.0 Å². The lowest BCUT2D eigenvalue weighted by Gasteiger charge is -2.17. The van der Waals surface area contributed by atoms with Crippen molar-refractivity contribution in [1.82, 2.24) is 10.3 Å². The SMILES string of the molecule is COc1ccc(CCCNC(=O)C(N)=O)cc1OC1CCCC1.COc1ccc(Cc2nc3cc(Cl)cc(Br)c3o2)cc1OC.